The average molecular weight is 381 g/mol. The number of carbonyl (C=O) groups is 2. The molecule has 1 unspecified atom stereocenters. The van der Waals surface area contributed by atoms with Crippen LogP contribution < -0.4 is 0 Å². The highest BCUT2D eigenvalue weighted by Crippen LogP contribution is 2.39. The highest BCUT2D eigenvalue weighted by Gasteiger charge is 2.35. The number of hydrogen-bond acceptors (Lipinski definition) is 3. The van der Waals surface area contributed by atoms with E-state index in [2.05, 4.69) is 0 Å². The number of nitrogens with zero attached hydrogens (tertiary/aromatic N) is 2. The summed E-state index contributed by atoms with van der Waals surface area (Å²) in [6.45, 7) is 7.02. The molecular formula is C19H25ClN2O4. The zero-order valence-corrected chi connectivity index (χ0v) is 16.2. The van der Waals surface area contributed by atoms with Gasteiger partial charge in [0, 0.05) is 24.7 Å². The standard InChI is InChI=1S/C19H25ClN2O4/c1-19(2,3)26-18(25)22-7-4-5-16(22)15-10-13(20)9-12-11-21(17(23)24)8-6-14(12)15/h9-10,16H,4-8,11H2,1-3H3,(H,23,24). The molecule has 1 aromatic carbocycles. The van der Waals surface area contributed by atoms with Crippen molar-refractivity contribution in [2.24, 2.45) is 0 Å². The van der Waals surface area contributed by atoms with Gasteiger partial charge in [-0.2, -0.15) is 0 Å². The number of hydrogen-bond donors (Lipinski definition) is 1. The predicted molar refractivity (Wildman–Crippen MR) is 98.5 cm³/mol. The molecule has 6 nitrogen and oxygen atoms in total. The first-order valence-corrected chi connectivity index (χ1v) is 9.32. The number of carbonyl (C=O) groups excluding carboxylic acids is 1. The Hall–Kier alpha value is -1.95. The van der Waals surface area contributed by atoms with E-state index < -0.39 is 11.7 Å². The van der Waals surface area contributed by atoms with Crippen LogP contribution in [0.4, 0.5) is 9.59 Å². The number of amides is 2. The van der Waals surface area contributed by atoms with Gasteiger partial charge in [0.2, 0.25) is 0 Å². The third-order valence-electron chi connectivity index (χ3n) is 4.84. The molecule has 0 aliphatic carbocycles. The molecule has 142 valence electrons. The molecule has 2 amide bonds. The number of rotatable bonds is 1. The molecule has 26 heavy (non-hydrogen) atoms. The van der Waals surface area contributed by atoms with Crippen LogP contribution in [-0.2, 0) is 17.7 Å². The zero-order valence-electron chi connectivity index (χ0n) is 15.4. The van der Waals surface area contributed by atoms with Crippen LogP contribution in [0.25, 0.3) is 0 Å². The summed E-state index contributed by atoms with van der Waals surface area (Å²) in [5.41, 5.74) is 2.53. The Kier molecular flexibility index (Phi) is 5.06. The zero-order chi connectivity index (χ0) is 19.1. The normalized spacial score (nSPS) is 20.1. The monoisotopic (exact) mass is 380 g/mol. The summed E-state index contributed by atoms with van der Waals surface area (Å²) >= 11 is 6.32. The van der Waals surface area contributed by atoms with E-state index in [4.69, 9.17) is 16.3 Å². The van der Waals surface area contributed by atoms with Crippen LogP contribution in [-0.4, -0.2) is 45.8 Å². The number of fused-ring (bicyclic) bond motifs is 1. The molecule has 0 bridgehead atoms. The molecular weight excluding hydrogens is 356 g/mol. The van der Waals surface area contributed by atoms with Gasteiger partial charge in [0.05, 0.1) is 6.04 Å². The van der Waals surface area contributed by atoms with E-state index >= 15 is 0 Å². The van der Waals surface area contributed by atoms with Crippen molar-refractivity contribution in [3.8, 4) is 0 Å². The Morgan fingerprint density at radius 2 is 2.00 bits per heavy atom. The highest BCUT2D eigenvalue weighted by atomic mass is 35.5. The fourth-order valence-electron chi connectivity index (χ4n) is 3.78. The van der Waals surface area contributed by atoms with Crippen LogP contribution in [0.15, 0.2) is 12.1 Å². The van der Waals surface area contributed by atoms with Crippen molar-refractivity contribution in [1.29, 1.82) is 0 Å². The summed E-state index contributed by atoms with van der Waals surface area (Å²) < 4.78 is 5.56. The van der Waals surface area contributed by atoms with E-state index in [1.165, 1.54) is 4.90 Å². The van der Waals surface area contributed by atoms with Crippen molar-refractivity contribution in [3.63, 3.8) is 0 Å². The molecule has 1 N–H and O–H groups in total. The fraction of sp³-hybridized carbons (Fsp3) is 0.579. The first-order chi connectivity index (χ1) is 12.2. The summed E-state index contributed by atoms with van der Waals surface area (Å²) in [7, 11) is 0. The van der Waals surface area contributed by atoms with Crippen molar-refractivity contribution in [2.75, 3.05) is 13.1 Å². The topological polar surface area (TPSA) is 70.1 Å². The molecule has 7 heteroatoms. The Bertz CT molecular complexity index is 729. The second kappa shape index (κ2) is 6.99. The molecule has 0 spiro atoms. The Balaban J connectivity index is 1.91. The van der Waals surface area contributed by atoms with Gasteiger partial charge in [-0.25, -0.2) is 9.59 Å². The van der Waals surface area contributed by atoms with E-state index in [-0.39, 0.29) is 12.1 Å². The van der Waals surface area contributed by atoms with Crippen molar-refractivity contribution in [3.05, 3.63) is 33.8 Å². The third-order valence-corrected chi connectivity index (χ3v) is 5.06. The Labute approximate surface area is 158 Å². The maximum atomic E-state index is 12.6. The van der Waals surface area contributed by atoms with Gasteiger partial charge < -0.3 is 19.6 Å². The van der Waals surface area contributed by atoms with Gasteiger partial charge in [-0.1, -0.05) is 11.6 Å². The lowest BCUT2D eigenvalue weighted by Crippen LogP contribution is -2.38. The lowest BCUT2D eigenvalue weighted by atomic mass is 9.90. The molecule has 3 rings (SSSR count). The van der Waals surface area contributed by atoms with Crippen molar-refractivity contribution < 1.29 is 19.4 Å². The van der Waals surface area contributed by atoms with Gasteiger partial charge in [0.1, 0.15) is 5.60 Å². The first-order valence-electron chi connectivity index (χ1n) is 8.94. The van der Waals surface area contributed by atoms with Gasteiger partial charge >= 0.3 is 12.2 Å². The molecule has 1 fully saturated rings. The van der Waals surface area contributed by atoms with E-state index in [1.54, 1.807) is 4.90 Å². The van der Waals surface area contributed by atoms with Gasteiger partial charge in [-0.05, 0) is 68.9 Å². The van der Waals surface area contributed by atoms with E-state index in [9.17, 15) is 14.7 Å². The number of carboxylic acid groups (broad SMARTS) is 1. The van der Waals surface area contributed by atoms with Crippen molar-refractivity contribution in [1.82, 2.24) is 9.80 Å². The number of halogens is 1. The lowest BCUT2D eigenvalue weighted by Gasteiger charge is -2.33. The van der Waals surface area contributed by atoms with E-state index in [0.29, 0.717) is 31.1 Å². The van der Waals surface area contributed by atoms with Crippen molar-refractivity contribution in [2.45, 2.75) is 58.2 Å². The van der Waals surface area contributed by atoms with Crippen LogP contribution in [0.5, 0.6) is 0 Å². The molecule has 2 aliphatic rings. The Morgan fingerprint density at radius 3 is 2.65 bits per heavy atom. The van der Waals surface area contributed by atoms with Crippen LogP contribution in [0.3, 0.4) is 0 Å². The molecule has 0 radical (unpaired) electrons. The summed E-state index contributed by atoms with van der Waals surface area (Å²) in [5.74, 6) is 0. The molecule has 2 aliphatic heterocycles. The van der Waals surface area contributed by atoms with Crippen LogP contribution in [0.2, 0.25) is 5.02 Å². The average Bonchev–Trinajstić information content (AvgIpc) is 3.01. The second-order valence-corrected chi connectivity index (χ2v) is 8.36. The molecule has 0 saturated carbocycles. The summed E-state index contributed by atoms with van der Waals surface area (Å²) in [6.07, 6.45) is 1.17. The van der Waals surface area contributed by atoms with Gasteiger partial charge in [-0.15, -0.1) is 0 Å². The number of likely N-dealkylation sites (tertiary alicyclic amines) is 1. The molecule has 1 atom stereocenters. The van der Waals surface area contributed by atoms with Gasteiger partial charge in [0.15, 0.2) is 0 Å². The van der Waals surface area contributed by atoms with Crippen molar-refractivity contribution >= 4 is 23.8 Å². The maximum absolute atomic E-state index is 12.6. The van der Waals surface area contributed by atoms with Gasteiger partial charge in [-0.3, -0.25) is 0 Å². The fourth-order valence-corrected chi connectivity index (χ4v) is 4.03. The highest BCUT2D eigenvalue weighted by molar-refractivity contribution is 6.30. The molecule has 1 saturated heterocycles. The maximum Gasteiger partial charge on any atom is 0.410 e. The predicted octanol–water partition coefficient (Wildman–Crippen LogP) is 4.45. The lowest BCUT2D eigenvalue weighted by molar-refractivity contribution is 0.0223. The molecule has 1 aromatic rings. The summed E-state index contributed by atoms with van der Waals surface area (Å²) in [4.78, 5) is 27.1. The SMILES string of the molecule is CC(C)(C)OC(=O)N1CCCC1c1cc(Cl)cc2c1CCN(C(=O)O)C2. The third kappa shape index (κ3) is 3.90. The summed E-state index contributed by atoms with van der Waals surface area (Å²) in [6, 6.07) is 3.68. The second-order valence-electron chi connectivity index (χ2n) is 7.92. The smallest absolute Gasteiger partial charge is 0.410 e. The quantitative estimate of drug-likeness (QED) is 0.781. The Morgan fingerprint density at radius 1 is 1.27 bits per heavy atom. The minimum absolute atomic E-state index is 0.0753. The minimum atomic E-state index is -0.923. The largest absolute Gasteiger partial charge is 0.465 e. The van der Waals surface area contributed by atoms with Gasteiger partial charge in [0.25, 0.3) is 0 Å². The van der Waals surface area contributed by atoms with E-state index in [0.717, 1.165) is 29.5 Å². The minimum Gasteiger partial charge on any atom is -0.465 e. The van der Waals surface area contributed by atoms with Crippen LogP contribution in [0, 0.1) is 0 Å². The first kappa shape index (κ1) is 18.8. The molecule has 0 aromatic heterocycles. The molecule has 2 heterocycles. The van der Waals surface area contributed by atoms with Crippen LogP contribution >= 0.6 is 11.6 Å². The summed E-state index contributed by atoms with van der Waals surface area (Å²) in [5, 5.41) is 9.83. The van der Waals surface area contributed by atoms with Crippen LogP contribution in [0.1, 0.15) is 56.3 Å². The van der Waals surface area contributed by atoms with E-state index in [1.807, 2.05) is 32.9 Å². The number of benzene rings is 1. The number of ether oxygens (including phenoxy) is 1.